The lowest BCUT2D eigenvalue weighted by Gasteiger charge is -2.11. The number of hydrogen-bond donors (Lipinski definition) is 3. The van der Waals surface area contributed by atoms with Crippen LogP contribution in [0.2, 0.25) is 0 Å². The second kappa shape index (κ2) is 7.68. The highest BCUT2D eigenvalue weighted by Gasteiger charge is 2.12. The van der Waals surface area contributed by atoms with Crippen LogP contribution in [0.15, 0.2) is 24.3 Å². The van der Waals surface area contributed by atoms with E-state index in [1.807, 2.05) is 6.92 Å². The molecular weight excluding hydrogens is 254 g/mol. The summed E-state index contributed by atoms with van der Waals surface area (Å²) in [6.45, 7) is 1.96. The van der Waals surface area contributed by atoms with Gasteiger partial charge in [-0.3, -0.25) is 9.59 Å². The number of primary amides is 1. The standard InChI is InChI=1S/C12H17N3O2.ClH/c1-2-4-10(13)12(17)15-9-6-3-5-8(7-9)11(14)16;/h3,5-7,10H,2,4,13H2,1H3,(H2,14,16)(H,15,17);1H. The Morgan fingerprint density at radius 3 is 2.61 bits per heavy atom. The van der Waals surface area contributed by atoms with E-state index in [0.29, 0.717) is 17.7 Å². The van der Waals surface area contributed by atoms with Crippen LogP contribution in [0.3, 0.4) is 0 Å². The van der Waals surface area contributed by atoms with E-state index in [4.69, 9.17) is 11.5 Å². The van der Waals surface area contributed by atoms with E-state index in [2.05, 4.69) is 5.32 Å². The Balaban J connectivity index is 0.00000289. The Labute approximate surface area is 112 Å². The second-order valence-corrected chi connectivity index (χ2v) is 3.83. The molecule has 1 atom stereocenters. The van der Waals surface area contributed by atoms with E-state index < -0.39 is 11.9 Å². The quantitative estimate of drug-likeness (QED) is 0.752. The van der Waals surface area contributed by atoms with Crippen molar-refractivity contribution < 1.29 is 9.59 Å². The van der Waals surface area contributed by atoms with Crippen molar-refractivity contribution in [3.8, 4) is 0 Å². The molecule has 1 unspecified atom stereocenters. The third kappa shape index (κ3) is 4.73. The van der Waals surface area contributed by atoms with Gasteiger partial charge in [0.15, 0.2) is 0 Å². The lowest BCUT2D eigenvalue weighted by Crippen LogP contribution is -2.35. The Morgan fingerprint density at radius 2 is 2.06 bits per heavy atom. The monoisotopic (exact) mass is 271 g/mol. The van der Waals surface area contributed by atoms with E-state index in [0.717, 1.165) is 6.42 Å². The number of nitrogens with two attached hydrogens (primary N) is 2. The molecule has 1 rings (SSSR count). The smallest absolute Gasteiger partial charge is 0.248 e. The fourth-order valence-electron chi connectivity index (χ4n) is 1.43. The third-order valence-corrected chi connectivity index (χ3v) is 2.35. The average Bonchev–Trinajstić information content (AvgIpc) is 2.29. The predicted molar refractivity (Wildman–Crippen MR) is 73.7 cm³/mol. The van der Waals surface area contributed by atoms with Crippen molar-refractivity contribution in [1.29, 1.82) is 0 Å². The second-order valence-electron chi connectivity index (χ2n) is 3.83. The van der Waals surface area contributed by atoms with Gasteiger partial charge in [0.25, 0.3) is 0 Å². The van der Waals surface area contributed by atoms with Crippen LogP contribution in [-0.4, -0.2) is 17.9 Å². The molecule has 5 nitrogen and oxygen atoms in total. The van der Waals surface area contributed by atoms with Crippen molar-refractivity contribution in [2.75, 3.05) is 5.32 Å². The highest BCUT2D eigenvalue weighted by atomic mass is 35.5. The minimum Gasteiger partial charge on any atom is -0.366 e. The average molecular weight is 272 g/mol. The highest BCUT2D eigenvalue weighted by molar-refractivity contribution is 5.97. The minimum atomic E-state index is -0.530. The molecule has 0 aliphatic carbocycles. The van der Waals surface area contributed by atoms with Gasteiger partial charge in [-0.2, -0.15) is 0 Å². The number of hydrogen-bond acceptors (Lipinski definition) is 3. The molecule has 1 aromatic rings. The lowest BCUT2D eigenvalue weighted by molar-refractivity contribution is -0.117. The van der Waals surface area contributed by atoms with Crippen LogP contribution in [0, 0.1) is 0 Å². The molecule has 18 heavy (non-hydrogen) atoms. The van der Waals surface area contributed by atoms with Crippen molar-refractivity contribution in [1.82, 2.24) is 0 Å². The molecule has 5 N–H and O–H groups in total. The first-order valence-electron chi connectivity index (χ1n) is 5.51. The minimum absolute atomic E-state index is 0. The maximum atomic E-state index is 11.6. The van der Waals surface area contributed by atoms with Crippen LogP contribution >= 0.6 is 12.4 Å². The summed E-state index contributed by atoms with van der Waals surface area (Å²) in [6, 6.07) is 5.92. The molecule has 0 saturated carbocycles. The predicted octanol–water partition coefficient (Wildman–Crippen LogP) is 1.27. The van der Waals surface area contributed by atoms with Gasteiger partial charge in [0.2, 0.25) is 11.8 Å². The summed E-state index contributed by atoms with van der Waals surface area (Å²) in [5.41, 5.74) is 11.7. The fourth-order valence-corrected chi connectivity index (χ4v) is 1.43. The van der Waals surface area contributed by atoms with Crippen molar-refractivity contribution in [3.05, 3.63) is 29.8 Å². The number of rotatable bonds is 5. The summed E-state index contributed by atoms with van der Waals surface area (Å²) in [5, 5.41) is 2.65. The molecule has 0 aromatic heterocycles. The van der Waals surface area contributed by atoms with Gasteiger partial charge in [-0.1, -0.05) is 19.4 Å². The van der Waals surface area contributed by atoms with Crippen molar-refractivity contribution >= 4 is 29.9 Å². The first-order valence-corrected chi connectivity index (χ1v) is 5.51. The number of nitrogens with one attached hydrogen (secondary N) is 1. The zero-order chi connectivity index (χ0) is 12.8. The summed E-state index contributed by atoms with van der Waals surface area (Å²) >= 11 is 0. The molecule has 1 aromatic carbocycles. The van der Waals surface area contributed by atoms with Gasteiger partial charge in [-0.05, 0) is 24.6 Å². The molecular formula is C12H18ClN3O2. The summed E-state index contributed by atoms with van der Waals surface area (Å²) in [4.78, 5) is 22.6. The maximum absolute atomic E-state index is 11.6. The zero-order valence-electron chi connectivity index (χ0n) is 10.2. The number of benzene rings is 1. The number of halogens is 1. The number of amides is 2. The molecule has 100 valence electrons. The molecule has 0 fully saturated rings. The lowest BCUT2D eigenvalue weighted by atomic mass is 10.1. The van der Waals surface area contributed by atoms with Crippen LogP contribution in [0.1, 0.15) is 30.1 Å². The van der Waals surface area contributed by atoms with Gasteiger partial charge in [0.1, 0.15) is 0 Å². The van der Waals surface area contributed by atoms with E-state index in [1.165, 1.54) is 6.07 Å². The molecule has 0 bridgehead atoms. The van der Waals surface area contributed by atoms with Crippen LogP contribution in [0.4, 0.5) is 5.69 Å². The Bertz CT molecular complexity index is 424. The molecule has 0 heterocycles. The SMILES string of the molecule is CCCC(N)C(=O)Nc1cccc(C(N)=O)c1.Cl. The van der Waals surface area contributed by atoms with Gasteiger partial charge >= 0.3 is 0 Å². The summed E-state index contributed by atoms with van der Waals surface area (Å²) in [5.74, 6) is -0.785. The highest BCUT2D eigenvalue weighted by Crippen LogP contribution is 2.10. The Morgan fingerprint density at radius 1 is 1.39 bits per heavy atom. The van der Waals surface area contributed by atoms with Crippen LogP contribution < -0.4 is 16.8 Å². The number of carbonyl (C=O) groups is 2. The first kappa shape index (κ1) is 16.4. The molecule has 0 aliphatic rings. The van der Waals surface area contributed by atoms with Gasteiger partial charge in [0, 0.05) is 11.3 Å². The van der Waals surface area contributed by atoms with Gasteiger partial charge in [-0.25, -0.2) is 0 Å². The first-order chi connectivity index (χ1) is 8.04. The molecule has 0 radical (unpaired) electrons. The topological polar surface area (TPSA) is 98.2 Å². The third-order valence-electron chi connectivity index (χ3n) is 2.35. The number of anilines is 1. The zero-order valence-corrected chi connectivity index (χ0v) is 11.0. The van der Waals surface area contributed by atoms with E-state index >= 15 is 0 Å². The molecule has 0 spiro atoms. The van der Waals surface area contributed by atoms with Crippen LogP contribution in [-0.2, 0) is 4.79 Å². The summed E-state index contributed by atoms with van der Waals surface area (Å²) in [6.07, 6.45) is 1.47. The fraction of sp³-hybridized carbons (Fsp3) is 0.333. The molecule has 0 aliphatic heterocycles. The van der Waals surface area contributed by atoms with Crippen LogP contribution in [0.25, 0.3) is 0 Å². The van der Waals surface area contributed by atoms with Crippen molar-refractivity contribution in [2.24, 2.45) is 11.5 Å². The molecule has 6 heteroatoms. The largest absolute Gasteiger partial charge is 0.366 e. The van der Waals surface area contributed by atoms with Gasteiger partial charge < -0.3 is 16.8 Å². The maximum Gasteiger partial charge on any atom is 0.248 e. The van der Waals surface area contributed by atoms with Gasteiger partial charge in [-0.15, -0.1) is 12.4 Å². The van der Waals surface area contributed by atoms with Gasteiger partial charge in [0.05, 0.1) is 6.04 Å². The Kier molecular flexibility index (Phi) is 7.00. The Hall–Kier alpha value is -1.59. The van der Waals surface area contributed by atoms with Crippen molar-refractivity contribution in [2.45, 2.75) is 25.8 Å². The summed E-state index contributed by atoms with van der Waals surface area (Å²) < 4.78 is 0. The normalized spacial score (nSPS) is 11.2. The molecule has 0 saturated heterocycles. The molecule has 2 amide bonds. The van der Waals surface area contributed by atoms with E-state index in [1.54, 1.807) is 18.2 Å². The van der Waals surface area contributed by atoms with E-state index in [9.17, 15) is 9.59 Å². The number of carbonyl (C=O) groups excluding carboxylic acids is 2. The van der Waals surface area contributed by atoms with Crippen LogP contribution in [0.5, 0.6) is 0 Å². The van der Waals surface area contributed by atoms with E-state index in [-0.39, 0.29) is 18.3 Å². The summed E-state index contributed by atoms with van der Waals surface area (Å²) in [7, 11) is 0. The van der Waals surface area contributed by atoms with Crippen molar-refractivity contribution in [3.63, 3.8) is 0 Å².